The Balaban J connectivity index is 1.75. The van der Waals surface area contributed by atoms with E-state index in [1.807, 2.05) is 24.6 Å². The van der Waals surface area contributed by atoms with Crippen molar-refractivity contribution in [2.75, 3.05) is 18.4 Å². The molecule has 6 nitrogen and oxygen atoms in total. The van der Waals surface area contributed by atoms with Gasteiger partial charge in [0.25, 0.3) is 0 Å². The monoisotopic (exact) mass is 348 g/mol. The van der Waals surface area contributed by atoms with Crippen molar-refractivity contribution >= 4 is 40.4 Å². The summed E-state index contributed by atoms with van der Waals surface area (Å²) in [5, 5.41) is 3.51. The summed E-state index contributed by atoms with van der Waals surface area (Å²) < 4.78 is 1.83. The van der Waals surface area contributed by atoms with E-state index >= 15 is 0 Å². The molecule has 0 bridgehead atoms. The number of nitrogens with one attached hydrogen (secondary N) is 1. The molecular formula is C17H21ClN4O2. The second kappa shape index (κ2) is 6.81. The molecule has 3 rings (SSSR count). The highest BCUT2D eigenvalue weighted by Crippen LogP contribution is 2.23. The number of nitrogens with zero attached hydrogens (tertiary/aromatic N) is 3. The molecule has 1 aromatic carbocycles. The van der Waals surface area contributed by atoms with Gasteiger partial charge in [0, 0.05) is 31.6 Å². The van der Waals surface area contributed by atoms with Gasteiger partial charge in [0.15, 0.2) is 0 Å². The molecule has 2 aromatic rings. The maximum atomic E-state index is 12.6. The maximum Gasteiger partial charge on any atom is 0.231 e. The van der Waals surface area contributed by atoms with Crippen molar-refractivity contribution < 1.29 is 9.59 Å². The van der Waals surface area contributed by atoms with Crippen LogP contribution in [0.25, 0.3) is 11.0 Å². The minimum atomic E-state index is -0.197. The van der Waals surface area contributed by atoms with Gasteiger partial charge in [0.2, 0.25) is 17.8 Å². The minimum absolute atomic E-state index is 0.0897. The van der Waals surface area contributed by atoms with Crippen LogP contribution in [-0.4, -0.2) is 39.4 Å². The van der Waals surface area contributed by atoms with E-state index in [2.05, 4.69) is 10.3 Å². The molecule has 0 saturated carbocycles. The predicted molar refractivity (Wildman–Crippen MR) is 93.9 cm³/mol. The first-order valence-electron chi connectivity index (χ1n) is 8.20. The lowest BCUT2D eigenvalue weighted by Gasteiger charge is -2.31. The van der Waals surface area contributed by atoms with Gasteiger partial charge in [-0.15, -0.1) is 0 Å². The maximum absolute atomic E-state index is 12.6. The molecule has 128 valence electrons. The van der Waals surface area contributed by atoms with Crippen LogP contribution in [0.4, 0.5) is 5.95 Å². The Morgan fingerprint density at radius 3 is 2.96 bits per heavy atom. The summed E-state index contributed by atoms with van der Waals surface area (Å²) in [6, 6.07) is 5.45. The summed E-state index contributed by atoms with van der Waals surface area (Å²) in [5.41, 5.74) is 1.65. The van der Waals surface area contributed by atoms with Gasteiger partial charge in [-0.05, 0) is 31.0 Å². The van der Waals surface area contributed by atoms with Crippen LogP contribution in [0.15, 0.2) is 18.2 Å². The van der Waals surface area contributed by atoms with Crippen LogP contribution in [0.1, 0.15) is 26.2 Å². The Morgan fingerprint density at radius 2 is 2.21 bits per heavy atom. The average molecular weight is 349 g/mol. The SMILES string of the molecule is CCC(=O)N1CCC[C@H](C(=O)Nc2nc3cc(Cl)ccc3n2C)C1. The van der Waals surface area contributed by atoms with E-state index in [9.17, 15) is 9.59 Å². The topological polar surface area (TPSA) is 67.2 Å². The zero-order valence-electron chi connectivity index (χ0n) is 13.9. The van der Waals surface area contributed by atoms with E-state index in [-0.39, 0.29) is 17.7 Å². The number of halogens is 1. The molecule has 24 heavy (non-hydrogen) atoms. The fraction of sp³-hybridized carbons (Fsp3) is 0.471. The first kappa shape index (κ1) is 16.8. The molecule has 0 spiro atoms. The quantitative estimate of drug-likeness (QED) is 0.927. The van der Waals surface area contributed by atoms with Crippen LogP contribution >= 0.6 is 11.6 Å². The number of aromatic nitrogens is 2. The molecule has 0 aliphatic carbocycles. The Bertz CT molecular complexity index is 786. The van der Waals surface area contributed by atoms with Gasteiger partial charge in [-0.25, -0.2) is 4.98 Å². The number of rotatable bonds is 3. The van der Waals surface area contributed by atoms with Gasteiger partial charge in [0.05, 0.1) is 17.0 Å². The van der Waals surface area contributed by atoms with Gasteiger partial charge >= 0.3 is 0 Å². The number of likely N-dealkylation sites (tertiary alicyclic amines) is 1. The van der Waals surface area contributed by atoms with Crippen molar-refractivity contribution in [1.82, 2.24) is 14.5 Å². The van der Waals surface area contributed by atoms with Gasteiger partial charge in [-0.1, -0.05) is 18.5 Å². The fourth-order valence-electron chi connectivity index (χ4n) is 3.14. The van der Waals surface area contributed by atoms with Crippen LogP contribution in [0, 0.1) is 5.92 Å². The number of benzene rings is 1. The Kier molecular flexibility index (Phi) is 4.76. The molecule has 7 heteroatoms. The summed E-state index contributed by atoms with van der Waals surface area (Å²) in [7, 11) is 1.85. The third kappa shape index (κ3) is 3.24. The van der Waals surface area contributed by atoms with Gasteiger partial charge in [-0.3, -0.25) is 14.9 Å². The van der Waals surface area contributed by atoms with Crippen molar-refractivity contribution in [2.45, 2.75) is 26.2 Å². The Hall–Kier alpha value is -2.08. The molecule has 1 atom stereocenters. The normalized spacial score (nSPS) is 18.0. The van der Waals surface area contributed by atoms with Gasteiger partial charge in [0.1, 0.15) is 0 Å². The minimum Gasteiger partial charge on any atom is -0.342 e. The van der Waals surface area contributed by atoms with E-state index in [0.717, 1.165) is 30.4 Å². The summed E-state index contributed by atoms with van der Waals surface area (Å²) >= 11 is 5.99. The van der Waals surface area contributed by atoms with Crippen LogP contribution < -0.4 is 5.32 Å². The third-order valence-corrected chi connectivity index (χ3v) is 4.76. The van der Waals surface area contributed by atoms with E-state index in [0.29, 0.717) is 23.9 Å². The van der Waals surface area contributed by atoms with Crippen LogP contribution in [0.2, 0.25) is 5.02 Å². The van der Waals surface area contributed by atoms with Crippen LogP contribution in [0.3, 0.4) is 0 Å². The number of anilines is 1. The standard InChI is InChI=1S/C17H21ClN4O2/c1-3-15(23)22-8-4-5-11(10-22)16(24)20-17-19-13-9-12(18)6-7-14(13)21(17)2/h6-7,9,11H,3-5,8,10H2,1-2H3,(H,19,20,24)/t11-/m0/s1. The lowest BCUT2D eigenvalue weighted by atomic mass is 9.97. The molecule has 1 aliphatic rings. The average Bonchev–Trinajstić information content (AvgIpc) is 2.89. The molecule has 2 amide bonds. The summed E-state index contributed by atoms with van der Waals surface area (Å²) in [5.74, 6) is 0.312. The number of hydrogen-bond acceptors (Lipinski definition) is 3. The van der Waals surface area contributed by atoms with E-state index < -0.39 is 0 Å². The highest BCUT2D eigenvalue weighted by molar-refractivity contribution is 6.31. The Morgan fingerprint density at radius 1 is 1.42 bits per heavy atom. The number of imidazole rings is 1. The lowest BCUT2D eigenvalue weighted by Crippen LogP contribution is -2.43. The van der Waals surface area contributed by atoms with Crippen molar-refractivity contribution in [1.29, 1.82) is 0 Å². The van der Waals surface area contributed by atoms with Crippen molar-refractivity contribution in [3.8, 4) is 0 Å². The lowest BCUT2D eigenvalue weighted by molar-refractivity contribution is -0.134. The second-order valence-corrected chi connectivity index (χ2v) is 6.59. The molecule has 1 aromatic heterocycles. The molecule has 2 heterocycles. The van der Waals surface area contributed by atoms with Crippen molar-refractivity contribution in [2.24, 2.45) is 13.0 Å². The molecular weight excluding hydrogens is 328 g/mol. The predicted octanol–water partition coefficient (Wildman–Crippen LogP) is 2.81. The molecule has 1 saturated heterocycles. The van der Waals surface area contributed by atoms with E-state index in [4.69, 9.17) is 11.6 Å². The highest BCUT2D eigenvalue weighted by atomic mass is 35.5. The molecule has 0 radical (unpaired) electrons. The van der Waals surface area contributed by atoms with Gasteiger partial charge in [-0.2, -0.15) is 0 Å². The molecule has 1 fully saturated rings. The summed E-state index contributed by atoms with van der Waals surface area (Å²) in [4.78, 5) is 30.7. The number of hydrogen-bond donors (Lipinski definition) is 1. The molecule has 1 N–H and O–H groups in total. The third-order valence-electron chi connectivity index (χ3n) is 4.53. The van der Waals surface area contributed by atoms with Gasteiger partial charge < -0.3 is 9.47 Å². The molecule has 1 aliphatic heterocycles. The summed E-state index contributed by atoms with van der Waals surface area (Å²) in [6.45, 7) is 3.06. The van der Waals surface area contributed by atoms with Crippen LogP contribution in [-0.2, 0) is 16.6 Å². The fourth-order valence-corrected chi connectivity index (χ4v) is 3.30. The van der Waals surface area contributed by atoms with Crippen molar-refractivity contribution in [3.63, 3.8) is 0 Å². The first-order chi connectivity index (χ1) is 11.5. The number of carbonyl (C=O) groups excluding carboxylic acids is 2. The Labute approximate surface area is 145 Å². The smallest absolute Gasteiger partial charge is 0.231 e. The highest BCUT2D eigenvalue weighted by Gasteiger charge is 2.28. The zero-order valence-corrected chi connectivity index (χ0v) is 14.6. The number of aryl methyl sites for hydroxylation is 1. The number of amides is 2. The second-order valence-electron chi connectivity index (χ2n) is 6.15. The van der Waals surface area contributed by atoms with Crippen molar-refractivity contribution in [3.05, 3.63) is 23.2 Å². The number of fused-ring (bicyclic) bond motifs is 1. The molecule has 0 unspecified atom stereocenters. The zero-order chi connectivity index (χ0) is 17.3. The van der Waals surface area contributed by atoms with E-state index in [1.165, 1.54) is 0 Å². The number of piperidine rings is 1. The first-order valence-corrected chi connectivity index (χ1v) is 8.58. The largest absolute Gasteiger partial charge is 0.342 e. The van der Waals surface area contributed by atoms with Crippen LogP contribution in [0.5, 0.6) is 0 Å². The summed E-state index contributed by atoms with van der Waals surface area (Å²) in [6.07, 6.45) is 2.11. The number of carbonyl (C=O) groups is 2. The van der Waals surface area contributed by atoms with E-state index in [1.54, 1.807) is 17.0 Å².